The second kappa shape index (κ2) is 4.58. The quantitative estimate of drug-likeness (QED) is 0.859. The minimum Gasteiger partial charge on any atom is -0.464 e. The molecule has 0 radical (unpaired) electrons. The third-order valence-corrected chi connectivity index (χ3v) is 2.67. The predicted octanol–water partition coefficient (Wildman–Crippen LogP) is 3.05. The average molecular weight is 219 g/mol. The molecule has 2 rings (SSSR count). The second-order valence-electron chi connectivity index (χ2n) is 3.79. The van der Waals surface area contributed by atoms with Gasteiger partial charge in [0.25, 0.3) is 0 Å². The van der Waals surface area contributed by atoms with Crippen LogP contribution in [0.4, 0.5) is 0 Å². The Morgan fingerprint density at radius 1 is 0.938 bits per heavy atom. The molecule has 2 aromatic heterocycles. The van der Waals surface area contributed by atoms with E-state index in [9.17, 15) is 0 Å². The van der Waals surface area contributed by atoms with Crippen LogP contribution in [0, 0.1) is 0 Å². The van der Waals surface area contributed by atoms with E-state index >= 15 is 0 Å². The number of hydrogen-bond acceptors (Lipinski definition) is 3. The van der Waals surface area contributed by atoms with Gasteiger partial charge in [0, 0.05) is 12.8 Å². The Kier molecular flexibility index (Phi) is 3.15. The van der Waals surface area contributed by atoms with Gasteiger partial charge in [-0.05, 0) is 24.3 Å². The van der Waals surface area contributed by atoms with Crippen molar-refractivity contribution in [2.45, 2.75) is 32.7 Å². The zero-order chi connectivity index (χ0) is 11.5. The summed E-state index contributed by atoms with van der Waals surface area (Å²) < 4.78 is 11.2. The Morgan fingerprint density at radius 2 is 1.38 bits per heavy atom. The first-order valence-corrected chi connectivity index (χ1v) is 5.67. The van der Waals surface area contributed by atoms with E-state index in [0.717, 1.165) is 35.9 Å². The van der Waals surface area contributed by atoms with E-state index in [-0.39, 0.29) is 6.04 Å². The molecule has 0 fully saturated rings. The van der Waals surface area contributed by atoms with Crippen molar-refractivity contribution in [3.05, 3.63) is 47.3 Å². The molecular formula is C13H17NO2. The maximum atomic E-state index is 6.06. The van der Waals surface area contributed by atoms with Gasteiger partial charge < -0.3 is 14.6 Å². The van der Waals surface area contributed by atoms with Crippen molar-refractivity contribution in [1.29, 1.82) is 0 Å². The minimum absolute atomic E-state index is 0.305. The van der Waals surface area contributed by atoms with Gasteiger partial charge >= 0.3 is 0 Å². The van der Waals surface area contributed by atoms with Crippen LogP contribution >= 0.6 is 0 Å². The molecule has 2 aromatic rings. The third kappa shape index (κ3) is 2.04. The van der Waals surface area contributed by atoms with Crippen LogP contribution in [0.1, 0.15) is 42.9 Å². The van der Waals surface area contributed by atoms with Gasteiger partial charge in [-0.2, -0.15) is 0 Å². The van der Waals surface area contributed by atoms with Crippen molar-refractivity contribution in [3.63, 3.8) is 0 Å². The summed E-state index contributed by atoms with van der Waals surface area (Å²) in [5, 5.41) is 0. The highest BCUT2D eigenvalue weighted by molar-refractivity contribution is 5.21. The van der Waals surface area contributed by atoms with Gasteiger partial charge in [0.15, 0.2) is 0 Å². The van der Waals surface area contributed by atoms with E-state index in [2.05, 4.69) is 13.8 Å². The predicted molar refractivity (Wildman–Crippen MR) is 62.2 cm³/mol. The smallest absolute Gasteiger partial charge is 0.128 e. The number of rotatable bonds is 4. The fourth-order valence-corrected chi connectivity index (χ4v) is 1.64. The van der Waals surface area contributed by atoms with Gasteiger partial charge in [-0.3, -0.25) is 0 Å². The number of nitrogens with two attached hydrogens (primary N) is 1. The van der Waals surface area contributed by atoms with Gasteiger partial charge in [-0.1, -0.05) is 13.8 Å². The van der Waals surface area contributed by atoms with Crippen LogP contribution in [0.15, 0.2) is 33.1 Å². The van der Waals surface area contributed by atoms with Gasteiger partial charge in [0.05, 0.1) is 0 Å². The average Bonchev–Trinajstić information content (AvgIpc) is 2.97. The maximum Gasteiger partial charge on any atom is 0.128 e. The van der Waals surface area contributed by atoms with Crippen LogP contribution in [0.3, 0.4) is 0 Å². The number of hydrogen-bond donors (Lipinski definition) is 1. The van der Waals surface area contributed by atoms with Crippen molar-refractivity contribution in [3.8, 4) is 0 Å². The molecule has 0 aliphatic rings. The Labute approximate surface area is 95.2 Å². The SMILES string of the molecule is CCc1ccc(C(N)c2ccc(CC)o2)o1. The molecule has 0 aliphatic heterocycles. The monoisotopic (exact) mass is 219 g/mol. The lowest BCUT2D eigenvalue weighted by Gasteiger charge is -2.04. The fraction of sp³-hybridized carbons (Fsp3) is 0.385. The first kappa shape index (κ1) is 11.0. The second-order valence-corrected chi connectivity index (χ2v) is 3.79. The lowest BCUT2D eigenvalue weighted by atomic mass is 10.2. The van der Waals surface area contributed by atoms with E-state index in [0.29, 0.717) is 0 Å². The number of aryl methyl sites for hydroxylation is 2. The molecule has 0 amide bonds. The topological polar surface area (TPSA) is 52.3 Å². The van der Waals surface area contributed by atoms with Crippen molar-refractivity contribution in [2.24, 2.45) is 5.73 Å². The number of furan rings is 2. The summed E-state index contributed by atoms with van der Waals surface area (Å²) in [6.45, 7) is 4.10. The maximum absolute atomic E-state index is 6.06. The summed E-state index contributed by atoms with van der Waals surface area (Å²) in [5.74, 6) is 3.42. The lowest BCUT2D eigenvalue weighted by molar-refractivity contribution is 0.402. The molecule has 2 heterocycles. The van der Waals surface area contributed by atoms with Gasteiger partial charge in [0.1, 0.15) is 29.1 Å². The fourth-order valence-electron chi connectivity index (χ4n) is 1.64. The molecule has 0 aromatic carbocycles. The third-order valence-electron chi connectivity index (χ3n) is 2.67. The summed E-state index contributed by atoms with van der Waals surface area (Å²) >= 11 is 0. The molecule has 3 heteroatoms. The molecule has 0 saturated heterocycles. The molecule has 0 bridgehead atoms. The van der Waals surface area contributed by atoms with Crippen LogP contribution in [0.5, 0.6) is 0 Å². The summed E-state index contributed by atoms with van der Waals surface area (Å²) in [4.78, 5) is 0. The normalized spacial score (nSPS) is 11.2. The Hall–Kier alpha value is -1.48. The minimum atomic E-state index is -0.305. The van der Waals surface area contributed by atoms with E-state index in [1.807, 2.05) is 24.3 Å². The van der Waals surface area contributed by atoms with Crippen molar-refractivity contribution in [2.75, 3.05) is 0 Å². The molecule has 0 atom stereocenters. The molecule has 2 N–H and O–H groups in total. The van der Waals surface area contributed by atoms with Crippen molar-refractivity contribution in [1.82, 2.24) is 0 Å². The van der Waals surface area contributed by atoms with Gasteiger partial charge in [-0.25, -0.2) is 0 Å². The van der Waals surface area contributed by atoms with Crippen LogP contribution < -0.4 is 5.73 Å². The Bertz CT molecular complexity index is 414. The van der Waals surface area contributed by atoms with Crippen LogP contribution in [-0.4, -0.2) is 0 Å². The first-order chi connectivity index (χ1) is 7.74. The van der Waals surface area contributed by atoms with Crippen LogP contribution in [0.2, 0.25) is 0 Å². The molecule has 0 aliphatic carbocycles. The molecule has 0 spiro atoms. The highest BCUT2D eigenvalue weighted by atomic mass is 16.4. The first-order valence-electron chi connectivity index (χ1n) is 5.67. The lowest BCUT2D eigenvalue weighted by Crippen LogP contribution is -2.09. The highest BCUT2D eigenvalue weighted by Gasteiger charge is 2.16. The Balaban J connectivity index is 2.20. The van der Waals surface area contributed by atoms with E-state index in [1.54, 1.807) is 0 Å². The zero-order valence-corrected chi connectivity index (χ0v) is 9.69. The molecule has 0 unspecified atom stereocenters. The molecular weight excluding hydrogens is 202 g/mol. The summed E-state index contributed by atoms with van der Waals surface area (Å²) in [6, 6.07) is 7.44. The standard InChI is InChI=1S/C13H17NO2/c1-3-9-5-7-11(15-9)13(14)12-8-6-10(4-2)16-12/h5-8,13H,3-4,14H2,1-2H3. The van der Waals surface area contributed by atoms with Gasteiger partial charge in [0.2, 0.25) is 0 Å². The Morgan fingerprint density at radius 3 is 1.69 bits per heavy atom. The van der Waals surface area contributed by atoms with Gasteiger partial charge in [-0.15, -0.1) is 0 Å². The summed E-state index contributed by atoms with van der Waals surface area (Å²) in [7, 11) is 0. The molecule has 16 heavy (non-hydrogen) atoms. The van der Waals surface area contributed by atoms with Crippen molar-refractivity contribution < 1.29 is 8.83 Å². The molecule has 3 nitrogen and oxygen atoms in total. The van der Waals surface area contributed by atoms with E-state index in [4.69, 9.17) is 14.6 Å². The largest absolute Gasteiger partial charge is 0.464 e. The summed E-state index contributed by atoms with van der Waals surface area (Å²) in [6.07, 6.45) is 1.76. The zero-order valence-electron chi connectivity index (χ0n) is 9.69. The highest BCUT2D eigenvalue weighted by Crippen LogP contribution is 2.23. The van der Waals surface area contributed by atoms with E-state index in [1.165, 1.54) is 0 Å². The van der Waals surface area contributed by atoms with Crippen LogP contribution in [-0.2, 0) is 12.8 Å². The molecule has 86 valence electrons. The molecule has 0 saturated carbocycles. The van der Waals surface area contributed by atoms with Crippen LogP contribution in [0.25, 0.3) is 0 Å². The van der Waals surface area contributed by atoms with Crippen molar-refractivity contribution >= 4 is 0 Å². The summed E-state index contributed by atoms with van der Waals surface area (Å²) in [5.41, 5.74) is 6.06. The van der Waals surface area contributed by atoms with E-state index < -0.39 is 0 Å².